The molecule has 0 saturated heterocycles. The zero-order valence-corrected chi connectivity index (χ0v) is 10.7. The number of rotatable bonds is 8. The molecule has 0 heterocycles. The highest BCUT2D eigenvalue weighted by molar-refractivity contribution is 7.88. The standard InChI is InChI=1S/C9H20N2O4S/c1-7(2)8(9(12)13)10-5-4-6-11-16(3,14)15/h7-8,10-11H,4-6H2,1-3H3,(H,12,13). The van der Waals surface area contributed by atoms with Gasteiger partial charge in [0.25, 0.3) is 0 Å². The van der Waals surface area contributed by atoms with Crippen LogP contribution in [-0.2, 0) is 14.8 Å². The van der Waals surface area contributed by atoms with Crippen LogP contribution in [0, 0.1) is 5.92 Å². The number of carbonyl (C=O) groups is 1. The predicted molar refractivity (Wildman–Crippen MR) is 61.7 cm³/mol. The van der Waals surface area contributed by atoms with Crippen LogP contribution in [0.15, 0.2) is 0 Å². The fourth-order valence-corrected chi connectivity index (χ4v) is 1.73. The van der Waals surface area contributed by atoms with Gasteiger partial charge in [-0.05, 0) is 18.9 Å². The number of carboxylic acid groups (broad SMARTS) is 1. The second-order valence-electron chi connectivity index (χ2n) is 4.03. The van der Waals surface area contributed by atoms with Crippen LogP contribution < -0.4 is 10.0 Å². The van der Waals surface area contributed by atoms with E-state index in [1.807, 2.05) is 13.8 Å². The lowest BCUT2D eigenvalue weighted by molar-refractivity contribution is -0.140. The Balaban J connectivity index is 3.76. The zero-order chi connectivity index (χ0) is 12.8. The van der Waals surface area contributed by atoms with Crippen LogP contribution >= 0.6 is 0 Å². The lowest BCUT2D eigenvalue weighted by Crippen LogP contribution is -2.42. The summed E-state index contributed by atoms with van der Waals surface area (Å²) >= 11 is 0. The van der Waals surface area contributed by atoms with Gasteiger partial charge in [0, 0.05) is 6.54 Å². The summed E-state index contributed by atoms with van der Waals surface area (Å²) in [5.41, 5.74) is 0. The molecule has 0 aliphatic carbocycles. The number of hydrogen-bond acceptors (Lipinski definition) is 4. The Morgan fingerprint density at radius 2 is 1.88 bits per heavy atom. The summed E-state index contributed by atoms with van der Waals surface area (Å²) in [6, 6.07) is -0.585. The Morgan fingerprint density at radius 1 is 1.31 bits per heavy atom. The first-order chi connectivity index (χ1) is 7.24. The van der Waals surface area contributed by atoms with Crippen LogP contribution in [0.25, 0.3) is 0 Å². The molecule has 1 unspecified atom stereocenters. The van der Waals surface area contributed by atoms with Crippen molar-refractivity contribution in [1.82, 2.24) is 10.0 Å². The molecular weight excluding hydrogens is 232 g/mol. The van der Waals surface area contributed by atoms with E-state index >= 15 is 0 Å². The lowest BCUT2D eigenvalue weighted by atomic mass is 10.0. The normalized spacial score (nSPS) is 14.0. The van der Waals surface area contributed by atoms with E-state index in [-0.39, 0.29) is 5.92 Å². The van der Waals surface area contributed by atoms with Gasteiger partial charge in [-0.2, -0.15) is 0 Å². The van der Waals surface area contributed by atoms with Crippen LogP contribution in [0.4, 0.5) is 0 Å². The minimum atomic E-state index is -3.15. The first-order valence-corrected chi connectivity index (χ1v) is 7.04. The predicted octanol–water partition coefficient (Wildman–Crippen LogP) is -0.375. The number of carboxylic acids is 1. The van der Waals surface area contributed by atoms with Gasteiger partial charge < -0.3 is 10.4 Å². The van der Waals surface area contributed by atoms with Gasteiger partial charge >= 0.3 is 5.97 Å². The summed E-state index contributed by atoms with van der Waals surface area (Å²) in [6.45, 7) is 4.43. The quantitative estimate of drug-likeness (QED) is 0.512. The van der Waals surface area contributed by atoms with Crippen molar-refractivity contribution in [2.45, 2.75) is 26.3 Å². The van der Waals surface area contributed by atoms with Crippen LogP contribution in [0.2, 0.25) is 0 Å². The molecule has 0 saturated carbocycles. The van der Waals surface area contributed by atoms with Gasteiger partial charge in [-0.25, -0.2) is 13.1 Å². The Labute approximate surface area is 96.5 Å². The van der Waals surface area contributed by atoms with E-state index in [0.29, 0.717) is 19.5 Å². The highest BCUT2D eigenvalue weighted by Gasteiger charge is 2.19. The molecule has 0 fully saturated rings. The Morgan fingerprint density at radius 3 is 2.25 bits per heavy atom. The largest absolute Gasteiger partial charge is 0.480 e. The van der Waals surface area contributed by atoms with Gasteiger partial charge in [-0.3, -0.25) is 4.79 Å². The van der Waals surface area contributed by atoms with Gasteiger partial charge in [-0.1, -0.05) is 13.8 Å². The number of sulfonamides is 1. The van der Waals surface area contributed by atoms with Crippen molar-refractivity contribution in [1.29, 1.82) is 0 Å². The highest BCUT2D eigenvalue weighted by Crippen LogP contribution is 2.01. The van der Waals surface area contributed by atoms with Crippen LogP contribution in [-0.4, -0.2) is 44.9 Å². The third kappa shape index (κ3) is 7.61. The second-order valence-corrected chi connectivity index (χ2v) is 5.87. The number of hydrogen-bond donors (Lipinski definition) is 3. The molecule has 96 valence electrons. The first kappa shape index (κ1) is 15.3. The zero-order valence-electron chi connectivity index (χ0n) is 9.86. The molecule has 0 spiro atoms. The van der Waals surface area contributed by atoms with Crippen molar-refractivity contribution in [3.05, 3.63) is 0 Å². The molecule has 0 aromatic heterocycles. The molecule has 0 aliphatic heterocycles. The maximum Gasteiger partial charge on any atom is 0.320 e. The molecule has 7 heteroatoms. The minimum Gasteiger partial charge on any atom is -0.480 e. The first-order valence-electron chi connectivity index (χ1n) is 5.15. The van der Waals surface area contributed by atoms with Crippen molar-refractivity contribution in [3.8, 4) is 0 Å². The van der Waals surface area contributed by atoms with E-state index in [1.54, 1.807) is 0 Å². The molecule has 0 aromatic rings. The van der Waals surface area contributed by atoms with E-state index in [2.05, 4.69) is 10.0 Å². The molecular formula is C9H20N2O4S. The van der Waals surface area contributed by atoms with Gasteiger partial charge in [0.1, 0.15) is 6.04 Å². The van der Waals surface area contributed by atoms with Crippen molar-refractivity contribution in [2.24, 2.45) is 5.92 Å². The fraction of sp³-hybridized carbons (Fsp3) is 0.889. The van der Waals surface area contributed by atoms with Gasteiger partial charge in [0.2, 0.25) is 10.0 Å². The van der Waals surface area contributed by atoms with Crippen molar-refractivity contribution >= 4 is 16.0 Å². The van der Waals surface area contributed by atoms with Gasteiger partial charge in [0.05, 0.1) is 6.26 Å². The smallest absolute Gasteiger partial charge is 0.320 e. The summed E-state index contributed by atoms with van der Waals surface area (Å²) in [5, 5.41) is 11.7. The average Bonchev–Trinajstić information content (AvgIpc) is 2.07. The molecule has 1 atom stereocenters. The third-order valence-electron chi connectivity index (χ3n) is 2.01. The van der Waals surface area contributed by atoms with Crippen molar-refractivity contribution in [3.63, 3.8) is 0 Å². The molecule has 3 N–H and O–H groups in total. The second kappa shape index (κ2) is 6.82. The van der Waals surface area contributed by atoms with Gasteiger partial charge in [0.15, 0.2) is 0 Å². The van der Waals surface area contributed by atoms with E-state index < -0.39 is 22.0 Å². The molecule has 0 rings (SSSR count). The van der Waals surface area contributed by atoms with Crippen LogP contribution in [0.3, 0.4) is 0 Å². The van der Waals surface area contributed by atoms with Gasteiger partial charge in [-0.15, -0.1) is 0 Å². The van der Waals surface area contributed by atoms with E-state index in [9.17, 15) is 13.2 Å². The fourth-order valence-electron chi connectivity index (χ4n) is 1.21. The van der Waals surface area contributed by atoms with Crippen LogP contribution in [0.1, 0.15) is 20.3 Å². The Bertz CT molecular complexity index is 313. The molecule has 16 heavy (non-hydrogen) atoms. The monoisotopic (exact) mass is 252 g/mol. The number of nitrogens with one attached hydrogen (secondary N) is 2. The van der Waals surface area contributed by atoms with E-state index in [4.69, 9.17) is 5.11 Å². The van der Waals surface area contributed by atoms with Crippen LogP contribution in [0.5, 0.6) is 0 Å². The molecule has 6 nitrogen and oxygen atoms in total. The lowest BCUT2D eigenvalue weighted by Gasteiger charge is -2.17. The molecule has 0 amide bonds. The van der Waals surface area contributed by atoms with E-state index in [0.717, 1.165) is 6.26 Å². The highest BCUT2D eigenvalue weighted by atomic mass is 32.2. The summed E-state index contributed by atoms with van der Waals surface area (Å²) in [6.07, 6.45) is 1.65. The Hall–Kier alpha value is -0.660. The third-order valence-corrected chi connectivity index (χ3v) is 2.74. The summed E-state index contributed by atoms with van der Waals surface area (Å²) in [7, 11) is -3.15. The Kier molecular flexibility index (Phi) is 6.54. The molecule has 0 bridgehead atoms. The minimum absolute atomic E-state index is 0.000340. The maximum atomic E-state index is 10.8. The SMILES string of the molecule is CC(C)C(NCCCNS(C)(=O)=O)C(=O)O. The maximum absolute atomic E-state index is 10.8. The molecule has 0 radical (unpaired) electrons. The van der Waals surface area contributed by atoms with Crippen molar-refractivity contribution < 1.29 is 18.3 Å². The summed E-state index contributed by atoms with van der Waals surface area (Å²) in [4.78, 5) is 10.8. The molecule has 0 aromatic carbocycles. The van der Waals surface area contributed by atoms with E-state index in [1.165, 1.54) is 0 Å². The number of aliphatic carboxylic acids is 1. The topological polar surface area (TPSA) is 95.5 Å². The average molecular weight is 252 g/mol. The summed E-state index contributed by atoms with van der Waals surface area (Å²) < 4.78 is 23.8. The summed E-state index contributed by atoms with van der Waals surface area (Å²) in [5.74, 6) is -0.883. The molecule has 0 aliphatic rings. The van der Waals surface area contributed by atoms with Crippen molar-refractivity contribution in [2.75, 3.05) is 19.3 Å².